The summed E-state index contributed by atoms with van der Waals surface area (Å²) in [6, 6.07) is 4.15. The predicted molar refractivity (Wildman–Crippen MR) is 187 cm³/mol. The van der Waals surface area contributed by atoms with Gasteiger partial charge in [0.15, 0.2) is 0 Å². The average Bonchev–Trinajstić information content (AvgIpc) is 3.92. The van der Waals surface area contributed by atoms with E-state index in [2.05, 4.69) is 61.1 Å². The quantitative estimate of drug-likeness (QED) is 0.403. The van der Waals surface area contributed by atoms with Gasteiger partial charge in [-0.2, -0.15) is 9.97 Å². The molecule has 0 radical (unpaired) electrons. The second kappa shape index (κ2) is 13.5. The first-order valence-electron chi connectivity index (χ1n) is 18.0. The minimum Gasteiger partial charge on any atom is -0.371 e. The maximum Gasteiger partial charge on any atom is 0.227 e. The molecule has 49 heavy (non-hydrogen) atoms. The molecule has 0 bridgehead atoms. The monoisotopic (exact) mass is 676 g/mol. The Hall–Kier alpha value is -3.78. The molecule has 266 valence electrons. The standard InChI is InChI=1S/C35H52N10O4/c1-21(2)24-17-28(40-33(38-24)44-13-9-42(10-14-44)22(3)46)36-25-19-48-30(25)31-26(20-49-31)37-29-18-27(35(4,5)6)39-34(41-29)45-15-11-43(12-16-45)32(47)23-7-8-23/h17-18,21,23,25-26,30-31H,7-16,19-20H2,1-6H3,(H,36,38,40)(H,37,39,41). The molecule has 4 saturated heterocycles. The highest BCUT2D eigenvalue weighted by molar-refractivity contribution is 5.81. The lowest BCUT2D eigenvalue weighted by Gasteiger charge is -2.49. The number of amides is 2. The first-order valence-corrected chi connectivity index (χ1v) is 18.0. The summed E-state index contributed by atoms with van der Waals surface area (Å²) >= 11 is 0. The van der Waals surface area contributed by atoms with Crippen LogP contribution in [0.2, 0.25) is 0 Å². The van der Waals surface area contributed by atoms with Gasteiger partial charge >= 0.3 is 0 Å². The van der Waals surface area contributed by atoms with Gasteiger partial charge in [0.05, 0.1) is 36.7 Å². The van der Waals surface area contributed by atoms with Crippen LogP contribution in [-0.2, 0) is 24.5 Å². The van der Waals surface area contributed by atoms with Crippen molar-refractivity contribution in [3.63, 3.8) is 0 Å². The number of carbonyl (C=O) groups excluding carboxylic acids is 2. The number of carbonyl (C=O) groups is 2. The Balaban J connectivity index is 1.01. The maximum atomic E-state index is 12.6. The van der Waals surface area contributed by atoms with E-state index in [1.54, 1.807) is 6.92 Å². The normalized spacial score (nSPS) is 25.9. The fraction of sp³-hybridized carbons (Fsp3) is 0.714. The van der Waals surface area contributed by atoms with Crippen molar-refractivity contribution in [2.75, 3.05) is 86.0 Å². The largest absolute Gasteiger partial charge is 0.371 e. The molecule has 0 spiro atoms. The molecule has 2 amide bonds. The van der Waals surface area contributed by atoms with Gasteiger partial charge in [0.25, 0.3) is 0 Å². The molecule has 4 unspecified atom stereocenters. The minimum absolute atomic E-state index is 0.0305. The zero-order valence-corrected chi connectivity index (χ0v) is 29.8. The van der Waals surface area contributed by atoms with Crippen LogP contribution in [0.1, 0.15) is 71.7 Å². The third kappa shape index (κ3) is 7.40. The Morgan fingerprint density at radius 2 is 1.27 bits per heavy atom. The lowest BCUT2D eigenvalue weighted by atomic mass is 9.91. The molecule has 2 aromatic rings. The summed E-state index contributed by atoms with van der Waals surface area (Å²) in [5.74, 6) is 3.84. The van der Waals surface area contributed by atoms with Crippen LogP contribution < -0.4 is 20.4 Å². The lowest BCUT2D eigenvalue weighted by Crippen LogP contribution is -2.66. The van der Waals surface area contributed by atoms with Crippen LogP contribution >= 0.6 is 0 Å². The van der Waals surface area contributed by atoms with E-state index in [1.807, 2.05) is 15.9 Å². The Morgan fingerprint density at radius 3 is 1.71 bits per heavy atom. The van der Waals surface area contributed by atoms with E-state index in [9.17, 15) is 9.59 Å². The van der Waals surface area contributed by atoms with Crippen molar-refractivity contribution < 1.29 is 19.1 Å². The van der Waals surface area contributed by atoms with Crippen LogP contribution in [0.4, 0.5) is 23.5 Å². The van der Waals surface area contributed by atoms with Crippen LogP contribution in [0.3, 0.4) is 0 Å². The summed E-state index contributed by atoms with van der Waals surface area (Å²) in [4.78, 5) is 52.4. The van der Waals surface area contributed by atoms with E-state index in [1.165, 1.54) is 0 Å². The van der Waals surface area contributed by atoms with Crippen molar-refractivity contribution in [1.29, 1.82) is 0 Å². The van der Waals surface area contributed by atoms with Gasteiger partial charge in [-0.05, 0) is 18.8 Å². The fourth-order valence-electron chi connectivity index (χ4n) is 6.82. The Kier molecular flexibility index (Phi) is 9.29. The number of piperazine rings is 2. The van der Waals surface area contributed by atoms with Gasteiger partial charge in [-0.1, -0.05) is 34.6 Å². The van der Waals surface area contributed by atoms with Gasteiger partial charge in [0.2, 0.25) is 23.7 Å². The van der Waals surface area contributed by atoms with Crippen LogP contribution in [0.5, 0.6) is 0 Å². The highest BCUT2D eigenvalue weighted by Gasteiger charge is 2.48. The second-order valence-corrected chi connectivity index (χ2v) is 15.5. The van der Waals surface area contributed by atoms with Crippen molar-refractivity contribution in [1.82, 2.24) is 29.7 Å². The van der Waals surface area contributed by atoms with E-state index >= 15 is 0 Å². The summed E-state index contributed by atoms with van der Waals surface area (Å²) in [6.07, 6.45) is 1.76. The van der Waals surface area contributed by atoms with Crippen molar-refractivity contribution >= 4 is 35.3 Å². The number of hydrogen-bond donors (Lipinski definition) is 2. The number of nitrogens with zero attached hydrogens (tertiary/aromatic N) is 8. The van der Waals surface area contributed by atoms with Crippen LogP contribution in [0, 0.1) is 5.92 Å². The Morgan fingerprint density at radius 1 is 0.755 bits per heavy atom. The molecule has 1 aliphatic carbocycles. The number of anilines is 4. The van der Waals surface area contributed by atoms with Gasteiger partial charge in [0, 0.05) is 82.7 Å². The molecule has 5 fully saturated rings. The molecular weight excluding hydrogens is 624 g/mol. The molecule has 2 N–H and O–H groups in total. The predicted octanol–water partition coefficient (Wildman–Crippen LogP) is 2.47. The minimum atomic E-state index is -0.161. The number of hydrogen-bond acceptors (Lipinski definition) is 12. The van der Waals surface area contributed by atoms with E-state index < -0.39 is 0 Å². The zero-order chi connectivity index (χ0) is 34.4. The summed E-state index contributed by atoms with van der Waals surface area (Å²) in [7, 11) is 0. The number of ether oxygens (including phenoxy) is 2. The first kappa shape index (κ1) is 33.7. The smallest absolute Gasteiger partial charge is 0.227 e. The third-order valence-corrected chi connectivity index (χ3v) is 10.3. The molecule has 0 aromatic carbocycles. The van der Waals surface area contributed by atoms with Crippen LogP contribution in [0.15, 0.2) is 12.1 Å². The SMILES string of the molecule is CC(=O)N1CCN(c2nc(NC3COC3C3OCC3Nc3cc(C(C)(C)C)nc(N4CCN(C(=O)C5CC5)CC4)n3)cc(C(C)C)n2)CC1. The molecular formula is C35H52N10O4. The van der Waals surface area contributed by atoms with Crippen LogP contribution in [-0.4, -0.2) is 131 Å². The van der Waals surface area contributed by atoms with Crippen molar-refractivity contribution in [2.24, 2.45) is 5.92 Å². The maximum absolute atomic E-state index is 12.6. The third-order valence-electron chi connectivity index (χ3n) is 10.3. The van der Waals surface area contributed by atoms with Crippen molar-refractivity contribution in [3.05, 3.63) is 23.5 Å². The highest BCUT2D eigenvalue weighted by Crippen LogP contribution is 2.34. The average molecular weight is 677 g/mol. The molecule has 4 aliphatic heterocycles. The second-order valence-electron chi connectivity index (χ2n) is 15.5. The van der Waals surface area contributed by atoms with Gasteiger partial charge in [-0.3, -0.25) is 9.59 Å². The molecule has 4 atom stereocenters. The molecule has 14 nitrogen and oxygen atoms in total. The van der Waals surface area contributed by atoms with Crippen LogP contribution in [0.25, 0.3) is 0 Å². The summed E-state index contributed by atoms with van der Waals surface area (Å²) in [5, 5.41) is 7.29. The number of aromatic nitrogens is 4. The Bertz CT molecular complexity index is 1530. The number of nitrogens with one attached hydrogen (secondary N) is 2. The molecule has 1 saturated carbocycles. The summed E-state index contributed by atoms with van der Waals surface area (Å²) < 4.78 is 12.2. The molecule has 14 heteroatoms. The van der Waals surface area contributed by atoms with Crippen molar-refractivity contribution in [2.45, 2.75) is 90.0 Å². The first-order chi connectivity index (χ1) is 23.4. The summed E-state index contributed by atoms with van der Waals surface area (Å²) in [5.41, 5.74) is 1.78. The molecule has 2 aromatic heterocycles. The van der Waals surface area contributed by atoms with Gasteiger partial charge in [-0.15, -0.1) is 0 Å². The highest BCUT2D eigenvalue weighted by atomic mass is 16.6. The Labute approximate surface area is 289 Å². The number of rotatable bonds is 9. The molecule has 7 rings (SSSR count). The fourth-order valence-corrected chi connectivity index (χ4v) is 6.82. The summed E-state index contributed by atoms with van der Waals surface area (Å²) in [6.45, 7) is 19.1. The zero-order valence-electron chi connectivity index (χ0n) is 29.8. The van der Waals surface area contributed by atoms with Gasteiger partial charge in [-0.25, -0.2) is 9.97 Å². The van der Waals surface area contributed by atoms with E-state index in [-0.39, 0.29) is 47.4 Å². The molecule has 5 aliphatic rings. The topological polar surface area (TPSA) is 141 Å². The van der Waals surface area contributed by atoms with E-state index in [0.29, 0.717) is 70.3 Å². The van der Waals surface area contributed by atoms with Gasteiger partial charge < -0.3 is 39.7 Å². The van der Waals surface area contributed by atoms with E-state index in [4.69, 9.17) is 29.4 Å². The van der Waals surface area contributed by atoms with Crippen molar-refractivity contribution in [3.8, 4) is 0 Å². The van der Waals surface area contributed by atoms with E-state index in [0.717, 1.165) is 49.0 Å². The lowest BCUT2D eigenvalue weighted by molar-refractivity contribution is -0.196. The van der Waals surface area contributed by atoms with Gasteiger partial charge in [0.1, 0.15) is 23.8 Å². The molecule has 6 heterocycles.